The normalized spacial score (nSPS) is 23.2. The van der Waals surface area contributed by atoms with Gasteiger partial charge < -0.3 is 5.32 Å². The van der Waals surface area contributed by atoms with Gasteiger partial charge in [0.25, 0.3) is 0 Å². The highest BCUT2D eigenvalue weighted by Gasteiger charge is 2.20. The van der Waals surface area contributed by atoms with E-state index in [9.17, 15) is 0 Å². The van der Waals surface area contributed by atoms with E-state index in [0.29, 0.717) is 0 Å². The summed E-state index contributed by atoms with van der Waals surface area (Å²) in [5.74, 6) is 2.56. The van der Waals surface area contributed by atoms with Gasteiger partial charge in [-0.3, -0.25) is 4.90 Å². The van der Waals surface area contributed by atoms with Crippen LogP contribution >= 0.6 is 11.8 Å². The molecule has 1 rings (SSSR count). The van der Waals surface area contributed by atoms with E-state index >= 15 is 0 Å². The van der Waals surface area contributed by atoms with Crippen molar-refractivity contribution >= 4 is 11.8 Å². The predicted octanol–water partition coefficient (Wildman–Crippen LogP) is 2.20. The summed E-state index contributed by atoms with van der Waals surface area (Å²) in [7, 11) is 0. The van der Waals surface area contributed by atoms with Crippen LogP contribution in [0.4, 0.5) is 0 Å². The molecule has 1 saturated heterocycles. The monoisotopic (exact) mass is 230 g/mol. The zero-order valence-electron chi connectivity index (χ0n) is 10.3. The molecule has 15 heavy (non-hydrogen) atoms. The molecule has 1 aliphatic heterocycles. The number of piperidine rings is 1. The van der Waals surface area contributed by atoms with Gasteiger partial charge in [-0.05, 0) is 31.7 Å². The third kappa shape index (κ3) is 5.23. The fourth-order valence-corrected chi connectivity index (χ4v) is 2.87. The summed E-state index contributed by atoms with van der Waals surface area (Å²) in [5.41, 5.74) is 0. The van der Waals surface area contributed by atoms with Crippen molar-refractivity contribution in [1.29, 1.82) is 0 Å². The van der Waals surface area contributed by atoms with E-state index in [-0.39, 0.29) is 0 Å². The average molecular weight is 230 g/mol. The smallest absolute Gasteiger partial charge is 0.0220 e. The molecule has 1 heterocycles. The minimum Gasteiger partial charge on any atom is -0.315 e. The van der Waals surface area contributed by atoms with Crippen LogP contribution in [0.15, 0.2) is 0 Å². The van der Waals surface area contributed by atoms with Crippen LogP contribution < -0.4 is 5.32 Å². The maximum Gasteiger partial charge on any atom is 0.0220 e. The molecule has 0 amide bonds. The molecular formula is C12H26N2S. The third-order valence-electron chi connectivity index (χ3n) is 3.11. The van der Waals surface area contributed by atoms with Gasteiger partial charge in [-0.25, -0.2) is 0 Å². The van der Waals surface area contributed by atoms with Gasteiger partial charge in [-0.2, -0.15) is 11.8 Å². The number of hydrogen-bond donors (Lipinski definition) is 1. The van der Waals surface area contributed by atoms with Crippen LogP contribution in [0, 0.1) is 0 Å². The minimum atomic E-state index is 0.802. The van der Waals surface area contributed by atoms with Crippen molar-refractivity contribution in [3.8, 4) is 0 Å². The molecule has 0 aromatic carbocycles. The minimum absolute atomic E-state index is 0.802. The Hall–Kier alpha value is 0.270. The summed E-state index contributed by atoms with van der Waals surface area (Å²) in [5, 5.41) is 3.49. The van der Waals surface area contributed by atoms with Gasteiger partial charge >= 0.3 is 0 Å². The van der Waals surface area contributed by atoms with Crippen LogP contribution in [0.2, 0.25) is 0 Å². The maximum absolute atomic E-state index is 3.49. The van der Waals surface area contributed by atoms with Crippen LogP contribution in [0.1, 0.15) is 33.1 Å². The first-order valence-electron chi connectivity index (χ1n) is 6.41. The Bertz CT molecular complexity index is 153. The molecule has 1 unspecified atom stereocenters. The Labute approximate surface area is 99.2 Å². The molecule has 0 saturated carbocycles. The number of nitrogens with zero attached hydrogens (tertiary/aromatic N) is 1. The second kappa shape index (κ2) is 8.43. The average Bonchev–Trinajstić information content (AvgIpc) is 2.28. The lowest BCUT2D eigenvalue weighted by Crippen LogP contribution is -2.46. The summed E-state index contributed by atoms with van der Waals surface area (Å²) < 4.78 is 0. The summed E-state index contributed by atoms with van der Waals surface area (Å²) in [6.45, 7) is 9.34. The van der Waals surface area contributed by atoms with Gasteiger partial charge in [0.1, 0.15) is 0 Å². The van der Waals surface area contributed by atoms with Gasteiger partial charge in [0.2, 0.25) is 0 Å². The predicted molar refractivity (Wildman–Crippen MR) is 70.8 cm³/mol. The second-order valence-corrected chi connectivity index (χ2v) is 5.58. The fraction of sp³-hybridized carbons (Fsp3) is 1.00. The largest absolute Gasteiger partial charge is 0.315 e. The number of thioether (sulfide) groups is 1. The zero-order valence-corrected chi connectivity index (χ0v) is 11.1. The molecule has 0 aromatic heterocycles. The van der Waals surface area contributed by atoms with Gasteiger partial charge in [0.15, 0.2) is 0 Å². The van der Waals surface area contributed by atoms with Crippen molar-refractivity contribution in [3.05, 3.63) is 0 Å². The van der Waals surface area contributed by atoms with Crippen molar-refractivity contribution in [2.24, 2.45) is 0 Å². The topological polar surface area (TPSA) is 15.3 Å². The van der Waals surface area contributed by atoms with Crippen LogP contribution in [0.5, 0.6) is 0 Å². The molecule has 90 valence electrons. The molecule has 1 aliphatic rings. The first-order valence-corrected chi connectivity index (χ1v) is 7.56. The van der Waals surface area contributed by atoms with E-state index in [1.807, 2.05) is 0 Å². The molecule has 1 fully saturated rings. The standard InChI is InChI=1S/C12H26N2S/c1-3-13-11-12-7-5-6-8-14(12)9-10-15-4-2/h12-13H,3-11H2,1-2H3. The van der Waals surface area contributed by atoms with E-state index in [1.54, 1.807) is 0 Å². The van der Waals surface area contributed by atoms with Crippen LogP contribution in [0.25, 0.3) is 0 Å². The van der Waals surface area contributed by atoms with E-state index in [2.05, 4.69) is 35.8 Å². The van der Waals surface area contributed by atoms with Crippen LogP contribution in [0.3, 0.4) is 0 Å². The molecule has 0 aromatic rings. The summed E-state index contributed by atoms with van der Waals surface area (Å²) in [6, 6.07) is 0.802. The van der Waals surface area contributed by atoms with Crippen LogP contribution in [-0.4, -0.2) is 48.6 Å². The maximum atomic E-state index is 3.49. The Morgan fingerprint density at radius 3 is 2.93 bits per heavy atom. The van der Waals surface area contributed by atoms with Crippen molar-refractivity contribution in [3.63, 3.8) is 0 Å². The van der Waals surface area contributed by atoms with Gasteiger partial charge in [0.05, 0.1) is 0 Å². The quantitative estimate of drug-likeness (QED) is 0.675. The molecule has 0 spiro atoms. The zero-order chi connectivity index (χ0) is 10.9. The first kappa shape index (κ1) is 13.3. The van der Waals surface area contributed by atoms with Crippen molar-refractivity contribution in [2.75, 3.05) is 37.7 Å². The van der Waals surface area contributed by atoms with Gasteiger partial charge in [-0.15, -0.1) is 0 Å². The molecule has 2 nitrogen and oxygen atoms in total. The SMILES string of the molecule is CCNCC1CCCCN1CCSCC. The molecule has 3 heteroatoms. The number of hydrogen-bond acceptors (Lipinski definition) is 3. The van der Waals surface area contributed by atoms with E-state index in [0.717, 1.165) is 12.6 Å². The van der Waals surface area contributed by atoms with Crippen molar-refractivity contribution < 1.29 is 0 Å². The Kier molecular flexibility index (Phi) is 7.49. The summed E-state index contributed by atoms with van der Waals surface area (Å²) in [6.07, 6.45) is 4.22. The van der Waals surface area contributed by atoms with Crippen molar-refractivity contribution in [1.82, 2.24) is 10.2 Å². The molecule has 1 atom stereocenters. The molecular weight excluding hydrogens is 204 g/mol. The van der Waals surface area contributed by atoms with Crippen molar-refractivity contribution in [2.45, 2.75) is 39.2 Å². The molecule has 0 aliphatic carbocycles. The third-order valence-corrected chi connectivity index (χ3v) is 3.99. The lowest BCUT2D eigenvalue weighted by molar-refractivity contribution is 0.155. The highest BCUT2D eigenvalue weighted by molar-refractivity contribution is 7.99. The lowest BCUT2D eigenvalue weighted by atomic mass is 10.0. The first-order chi connectivity index (χ1) is 7.38. The summed E-state index contributed by atoms with van der Waals surface area (Å²) >= 11 is 2.07. The summed E-state index contributed by atoms with van der Waals surface area (Å²) in [4.78, 5) is 2.69. The van der Waals surface area contributed by atoms with Gasteiger partial charge in [-0.1, -0.05) is 20.3 Å². The molecule has 0 bridgehead atoms. The second-order valence-electron chi connectivity index (χ2n) is 4.19. The Balaban J connectivity index is 2.22. The number of rotatable bonds is 7. The van der Waals surface area contributed by atoms with Gasteiger partial charge in [0, 0.05) is 24.9 Å². The highest BCUT2D eigenvalue weighted by atomic mass is 32.2. The number of nitrogens with one attached hydrogen (secondary N) is 1. The van der Waals surface area contributed by atoms with E-state index in [4.69, 9.17) is 0 Å². The highest BCUT2D eigenvalue weighted by Crippen LogP contribution is 2.16. The lowest BCUT2D eigenvalue weighted by Gasteiger charge is -2.35. The number of likely N-dealkylation sites (N-methyl/N-ethyl adjacent to an activating group) is 1. The van der Waals surface area contributed by atoms with Crippen LogP contribution in [-0.2, 0) is 0 Å². The Morgan fingerprint density at radius 1 is 1.33 bits per heavy atom. The molecule has 1 N–H and O–H groups in total. The Morgan fingerprint density at radius 2 is 2.20 bits per heavy atom. The fourth-order valence-electron chi connectivity index (χ4n) is 2.22. The van der Waals surface area contributed by atoms with E-state index in [1.165, 1.54) is 50.4 Å². The number of likely N-dealkylation sites (tertiary alicyclic amines) is 1. The molecule has 0 radical (unpaired) electrons. The van der Waals surface area contributed by atoms with E-state index < -0.39 is 0 Å².